The maximum Gasteiger partial charge on any atom is 0.163 e. The zero-order valence-electron chi connectivity index (χ0n) is 13.2. The van der Waals surface area contributed by atoms with Crippen LogP contribution in [0.5, 0.6) is 11.5 Å². The quantitative estimate of drug-likeness (QED) is 0.832. The molecule has 20 heavy (non-hydrogen) atoms. The Morgan fingerprint density at radius 3 is 2.45 bits per heavy atom. The summed E-state index contributed by atoms with van der Waals surface area (Å²) in [6.07, 6.45) is 3.76. The van der Waals surface area contributed by atoms with Gasteiger partial charge in [0.05, 0.1) is 13.2 Å². The summed E-state index contributed by atoms with van der Waals surface area (Å²) in [4.78, 5) is 0. The van der Waals surface area contributed by atoms with E-state index >= 15 is 0 Å². The lowest BCUT2D eigenvalue weighted by Gasteiger charge is -2.19. The topological polar surface area (TPSA) is 30.5 Å². The fourth-order valence-electron chi connectivity index (χ4n) is 2.94. The van der Waals surface area contributed by atoms with E-state index in [-0.39, 0.29) is 0 Å². The van der Waals surface area contributed by atoms with Crippen molar-refractivity contribution in [3.8, 4) is 11.5 Å². The molecule has 0 radical (unpaired) electrons. The normalized spacial score (nSPS) is 20.7. The minimum Gasteiger partial charge on any atom is -0.490 e. The summed E-state index contributed by atoms with van der Waals surface area (Å²) in [5, 5.41) is 3.63. The van der Waals surface area contributed by atoms with Gasteiger partial charge in [-0.05, 0) is 50.7 Å². The first-order valence-corrected chi connectivity index (χ1v) is 7.70. The van der Waals surface area contributed by atoms with Crippen molar-refractivity contribution in [3.05, 3.63) is 18.2 Å². The largest absolute Gasteiger partial charge is 0.490 e. The van der Waals surface area contributed by atoms with E-state index in [4.69, 9.17) is 9.47 Å². The van der Waals surface area contributed by atoms with Crippen molar-refractivity contribution < 1.29 is 9.47 Å². The van der Waals surface area contributed by atoms with Gasteiger partial charge >= 0.3 is 0 Å². The van der Waals surface area contributed by atoms with Crippen molar-refractivity contribution in [1.82, 2.24) is 0 Å². The van der Waals surface area contributed by atoms with Gasteiger partial charge in [0, 0.05) is 17.8 Å². The number of hydrogen-bond acceptors (Lipinski definition) is 3. The van der Waals surface area contributed by atoms with E-state index in [1.807, 2.05) is 19.9 Å². The Kier molecular flexibility index (Phi) is 4.79. The van der Waals surface area contributed by atoms with Gasteiger partial charge in [0.1, 0.15) is 0 Å². The fraction of sp³-hybridized carbons (Fsp3) is 0.647. The Morgan fingerprint density at radius 1 is 1.15 bits per heavy atom. The molecule has 0 spiro atoms. The fourth-order valence-corrected chi connectivity index (χ4v) is 2.94. The number of ether oxygens (including phenoxy) is 2. The second-order valence-electron chi connectivity index (χ2n) is 6.28. The van der Waals surface area contributed by atoms with Crippen LogP contribution in [0, 0.1) is 5.41 Å². The molecule has 3 heteroatoms. The highest BCUT2D eigenvalue weighted by atomic mass is 16.5. The van der Waals surface area contributed by atoms with Crippen LogP contribution in [0.4, 0.5) is 5.69 Å². The first kappa shape index (κ1) is 15.0. The molecule has 112 valence electrons. The molecule has 1 unspecified atom stereocenters. The molecule has 0 bridgehead atoms. The van der Waals surface area contributed by atoms with Gasteiger partial charge in [-0.2, -0.15) is 0 Å². The van der Waals surface area contributed by atoms with Crippen LogP contribution >= 0.6 is 0 Å². The molecular formula is C17H27NO2. The van der Waals surface area contributed by atoms with E-state index in [0.29, 0.717) is 24.7 Å². The second-order valence-corrected chi connectivity index (χ2v) is 6.28. The Balaban J connectivity index is 2.07. The molecule has 0 amide bonds. The molecule has 1 aliphatic carbocycles. The van der Waals surface area contributed by atoms with Crippen molar-refractivity contribution in [1.29, 1.82) is 0 Å². The third kappa shape index (κ3) is 3.81. The Labute approximate surface area is 122 Å². The van der Waals surface area contributed by atoms with Crippen LogP contribution in [0.15, 0.2) is 18.2 Å². The molecule has 1 fully saturated rings. The average molecular weight is 277 g/mol. The number of hydrogen-bond donors (Lipinski definition) is 1. The molecule has 1 aromatic carbocycles. The van der Waals surface area contributed by atoms with Crippen molar-refractivity contribution in [2.75, 3.05) is 18.5 Å². The predicted molar refractivity (Wildman–Crippen MR) is 83.8 cm³/mol. The maximum absolute atomic E-state index is 5.67. The standard InChI is InChI=1S/C17H27NO2/c1-5-19-15-8-7-13(11-16(15)20-6-2)18-14-9-10-17(3,4)12-14/h7-8,11,14,18H,5-6,9-10,12H2,1-4H3. The van der Waals surface area contributed by atoms with E-state index in [1.54, 1.807) is 0 Å². The Hall–Kier alpha value is -1.38. The lowest BCUT2D eigenvalue weighted by atomic mass is 9.92. The Bertz CT molecular complexity index is 443. The van der Waals surface area contributed by atoms with Crippen LogP contribution < -0.4 is 14.8 Å². The molecule has 0 saturated heterocycles. The molecular weight excluding hydrogens is 250 g/mol. The number of benzene rings is 1. The molecule has 1 aliphatic rings. The number of nitrogens with one attached hydrogen (secondary N) is 1. The molecule has 1 saturated carbocycles. The summed E-state index contributed by atoms with van der Waals surface area (Å²) in [5.41, 5.74) is 1.59. The van der Waals surface area contributed by atoms with Gasteiger partial charge in [-0.1, -0.05) is 13.8 Å². The third-order valence-corrected chi connectivity index (χ3v) is 3.88. The second kappa shape index (κ2) is 6.38. The smallest absolute Gasteiger partial charge is 0.163 e. The van der Waals surface area contributed by atoms with E-state index in [0.717, 1.165) is 17.2 Å². The molecule has 0 aromatic heterocycles. The van der Waals surface area contributed by atoms with Gasteiger partial charge in [-0.15, -0.1) is 0 Å². The SMILES string of the molecule is CCOc1ccc(NC2CCC(C)(C)C2)cc1OCC. The molecule has 1 aromatic rings. The van der Waals surface area contributed by atoms with E-state index < -0.39 is 0 Å². The van der Waals surface area contributed by atoms with Crippen molar-refractivity contribution >= 4 is 5.69 Å². The molecule has 1 atom stereocenters. The molecule has 1 N–H and O–H groups in total. The zero-order valence-corrected chi connectivity index (χ0v) is 13.2. The van der Waals surface area contributed by atoms with Gasteiger partial charge in [-0.25, -0.2) is 0 Å². The van der Waals surface area contributed by atoms with Crippen LogP contribution in [-0.4, -0.2) is 19.3 Å². The molecule has 2 rings (SSSR count). The lowest BCUT2D eigenvalue weighted by molar-refractivity contribution is 0.288. The van der Waals surface area contributed by atoms with Crippen LogP contribution in [0.2, 0.25) is 0 Å². The molecule has 0 heterocycles. The van der Waals surface area contributed by atoms with Gasteiger partial charge in [0.25, 0.3) is 0 Å². The first-order valence-electron chi connectivity index (χ1n) is 7.70. The lowest BCUT2D eigenvalue weighted by Crippen LogP contribution is -2.17. The number of anilines is 1. The predicted octanol–water partition coefficient (Wildman–Crippen LogP) is 4.47. The monoisotopic (exact) mass is 277 g/mol. The summed E-state index contributed by atoms with van der Waals surface area (Å²) in [7, 11) is 0. The summed E-state index contributed by atoms with van der Waals surface area (Å²) in [5.74, 6) is 1.66. The number of rotatable bonds is 6. The van der Waals surface area contributed by atoms with Gasteiger partial charge in [0.15, 0.2) is 11.5 Å². The van der Waals surface area contributed by atoms with E-state index in [1.165, 1.54) is 19.3 Å². The summed E-state index contributed by atoms with van der Waals surface area (Å²) >= 11 is 0. The van der Waals surface area contributed by atoms with Crippen LogP contribution in [0.1, 0.15) is 47.0 Å². The molecule has 0 aliphatic heterocycles. The summed E-state index contributed by atoms with van der Waals surface area (Å²) in [6.45, 7) is 9.98. The van der Waals surface area contributed by atoms with Gasteiger partial charge < -0.3 is 14.8 Å². The van der Waals surface area contributed by atoms with Crippen LogP contribution in [-0.2, 0) is 0 Å². The van der Waals surface area contributed by atoms with E-state index in [9.17, 15) is 0 Å². The minimum atomic E-state index is 0.464. The molecule has 3 nitrogen and oxygen atoms in total. The van der Waals surface area contributed by atoms with Crippen molar-refractivity contribution in [3.63, 3.8) is 0 Å². The highest BCUT2D eigenvalue weighted by molar-refractivity contribution is 5.55. The van der Waals surface area contributed by atoms with E-state index in [2.05, 4.69) is 31.3 Å². The zero-order chi connectivity index (χ0) is 14.6. The maximum atomic E-state index is 5.67. The average Bonchev–Trinajstić information content (AvgIpc) is 2.72. The van der Waals surface area contributed by atoms with Gasteiger partial charge in [0.2, 0.25) is 0 Å². The third-order valence-electron chi connectivity index (χ3n) is 3.88. The first-order chi connectivity index (χ1) is 9.54. The van der Waals surface area contributed by atoms with Gasteiger partial charge in [-0.3, -0.25) is 0 Å². The van der Waals surface area contributed by atoms with Crippen molar-refractivity contribution in [2.24, 2.45) is 5.41 Å². The summed E-state index contributed by atoms with van der Waals surface area (Å²) in [6, 6.07) is 6.70. The minimum absolute atomic E-state index is 0.464. The highest BCUT2D eigenvalue weighted by Crippen LogP contribution is 2.39. The van der Waals surface area contributed by atoms with Crippen LogP contribution in [0.25, 0.3) is 0 Å². The Morgan fingerprint density at radius 2 is 1.85 bits per heavy atom. The summed E-state index contributed by atoms with van der Waals surface area (Å²) < 4.78 is 11.3. The highest BCUT2D eigenvalue weighted by Gasteiger charge is 2.30. The van der Waals surface area contributed by atoms with Crippen LogP contribution in [0.3, 0.4) is 0 Å². The van der Waals surface area contributed by atoms with Crippen molar-refractivity contribution in [2.45, 2.75) is 53.0 Å².